The molecule has 0 aliphatic heterocycles. The van der Waals surface area contributed by atoms with Gasteiger partial charge in [0.1, 0.15) is 11.9 Å². The summed E-state index contributed by atoms with van der Waals surface area (Å²) < 4.78 is 68.1. The number of hydrogen-bond acceptors (Lipinski definition) is 6. The first kappa shape index (κ1) is 17.0. The lowest BCUT2D eigenvalue weighted by atomic mass is 10.1. The van der Waals surface area contributed by atoms with E-state index in [-0.39, 0.29) is 11.4 Å². The van der Waals surface area contributed by atoms with E-state index in [0.717, 1.165) is 24.7 Å². The highest BCUT2D eigenvalue weighted by atomic mass is 19.4. The van der Waals surface area contributed by atoms with Crippen LogP contribution in [0.25, 0.3) is 0 Å². The largest absolute Gasteiger partial charge is 0.483 e. The predicted molar refractivity (Wildman–Crippen MR) is 63.6 cm³/mol. The molecular weight excluding hydrogens is 329 g/mol. The van der Waals surface area contributed by atoms with Gasteiger partial charge in [-0.3, -0.25) is 4.98 Å². The molecule has 0 radical (unpaired) electrons. The summed E-state index contributed by atoms with van der Waals surface area (Å²) in [5, 5.41) is 19.3. The van der Waals surface area contributed by atoms with Crippen molar-refractivity contribution in [3.8, 4) is 5.75 Å². The Bertz CT molecular complexity index is 606. The van der Waals surface area contributed by atoms with Crippen molar-refractivity contribution in [3.05, 3.63) is 30.4 Å². The van der Waals surface area contributed by atoms with E-state index in [9.17, 15) is 27.1 Å². The first-order chi connectivity index (χ1) is 10.8. The number of aliphatic hydroxyl groups excluding tert-OH is 1. The van der Waals surface area contributed by atoms with Gasteiger partial charge in [0.05, 0.1) is 11.9 Å². The molecule has 2 rings (SSSR count). The predicted octanol–water partition coefficient (Wildman–Crippen LogP) is 1.55. The number of halogens is 5. The Labute approximate surface area is 125 Å². The molecule has 12 heteroatoms. The van der Waals surface area contributed by atoms with E-state index in [0.29, 0.717) is 4.80 Å². The van der Waals surface area contributed by atoms with E-state index in [2.05, 4.69) is 25.1 Å². The molecule has 0 aliphatic rings. The third-order valence-electron chi connectivity index (χ3n) is 2.61. The summed E-state index contributed by atoms with van der Waals surface area (Å²) in [5.41, 5.74) is -0.389. The maximum atomic E-state index is 14.0. The maximum Gasteiger partial charge on any atom is 0.422 e. The summed E-state index contributed by atoms with van der Waals surface area (Å²) in [6.45, 7) is -1.53. The summed E-state index contributed by atoms with van der Waals surface area (Å²) in [4.78, 5) is 3.88. The van der Waals surface area contributed by atoms with Crippen molar-refractivity contribution in [1.82, 2.24) is 25.2 Å². The summed E-state index contributed by atoms with van der Waals surface area (Å²) in [6, 6.07) is 2.00. The first-order valence-corrected chi connectivity index (χ1v) is 6.12. The van der Waals surface area contributed by atoms with Gasteiger partial charge >= 0.3 is 6.18 Å². The molecule has 126 valence electrons. The van der Waals surface area contributed by atoms with Crippen LogP contribution in [-0.2, 0) is 0 Å². The summed E-state index contributed by atoms with van der Waals surface area (Å²) in [7, 11) is 0. The van der Waals surface area contributed by atoms with Crippen molar-refractivity contribution >= 4 is 0 Å². The Morgan fingerprint density at radius 2 is 2.00 bits per heavy atom. The molecular formula is C11H10F5N5O2. The molecule has 0 spiro atoms. The lowest BCUT2D eigenvalue weighted by Gasteiger charge is -2.18. The highest BCUT2D eigenvalue weighted by Gasteiger charge is 2.33. The molecule has 0 fully saturated rings. The minimum Gasteiger partial charge on any atom is -0.483 e. The molecule has 0 bridgehead atoms. The quantitative estimate of drug-likeness (QED) is 0.804. The second-order valence-electron chi connectivity index (χ2n) is 4.34. The normalized spacial score (nSPS) is 15.9. The highest BCUT2D eigenvalue weighted by molar-refractivity contribution is 5.21. The van der Waals surface area contributed by atoms with E-state index in [1.807, 2.05) is 0 Å². The lowest BCUT2D eigenvalue weighted by molar-refractivity contribution is -0.153. The van der Waals surface area contributed by atoms with E-state index < -0.39 is 31.4 Å². The summed E-state index contributed by atoms with van der Waals surface area (Å²) in [6.07, 6.45) is -9.54. The number of aromatic nitrogens is 5. The summed E-state index contributed by atoms with van der Waals surface area (Å²) in [5.74, 6) is -0.248. The molecule has 0 aliphatic carbocycles. The van der Waals surface area contributed by atoms with Gasteiger partial charge in [0.2, 0.25) is 6.30 Å². The van der Waals surface area contributed by atoms with Crippen molar-refractivity contribution in [3.63, 3.8) is 0 Å². The van der Waals surface area contributed by atoms with Crippen molar-refractivity contribution < 1.29 is 31.8 Å². The molecule has 0 aromatic carbocycles. The minimum atomic E-state index is -4.52. The fraction of sp³-hybridized carbons (Fsp3) is 0.455. The van der Waals surface area contributed by atoms with Crippen molar-refractivity contribution in [1.29, 1.82) is 0 Å². The third-order valence-corrected chi connectivity index (χ3v) is 2.61. The average molecular weight is 339 g/mol. The SMILES string of the molecule is OC(C(F)c1ccc(OCC(F)(F)F)cn1)C(F)n1ncnn1. The lowest BCUT2D eigenvalue weighted by Crippen LogP contribution is -2.27. The number of pyridine rings is 1. The number of aliphatic hydroxyl groups is 1. The Morgan fingerprint density at radius 3 is 2.52 bits per heavy atom. The monoisotopic (exact) mass is 339 g/mol. The second kappa shape index (κ2) is 6.81. The number of rotatable bonds is 6. The number of ether oxygens (including phenoxy) is 1. The van der Waals surface area contributed by atoms with E-state index in [1.54, 1.807) is 0 Å². The van der Waals surface area contributed by atoms with Crippen molar-refractivity contribution in [2.75, 3.05) is 6.61 Å². The number of hydrogen-bond donors (Lipinski definition) is 1. The number of tetrazole rings is 1. The fourth-order valence-corrected chi connectivity index (χ4v) is 1.54. The maximum absolute atomic E-state index is 14.0. The van der Waals surface area contributed by atoms with Crippen LogP contribution in [0.1, 0.15) is 18.2 Å². The van der Waals surface area contributed by atoms with E-state index in [4.69, 9.17) is 0 Å². The highest BCUT2D eigenvalue weighted by Crippen LogP contribution is 2.28. The Kier molecular flexibility index (Phi) is 5.03. The van der Waals surface area contributed by atoms with Crippen LogP contribution in [0.5, 0.6) is 5.75 Å². The fourth-order valence-electron chi connectivity index (χ4n) is 1.54. The van der Waals surface area contributed by atoms with Crippen LogP contribution in [-0.4, -0.2) is 49.2 Å². The van der Waals surface area contributed by atoms with Gasteiger partial charge in [-0.15, -0.1) is 15.0 Å². The van der Waals surface area contributed by atoms with Gasteiger partial charge in [-0.1, -0.05) is 0 Å². The molecule has 7 nitrogen and oxygen atoms in total. The standard InChI is InChI=1S/C11H10F5N5O2/c12-8(9(22)10(13)21-19-5-18-20-21)7-2-1-6(3-17-7)23-4-11(14,15)16/h1-3,5,8-10,22H,4H2. The van der Waals surface area contributed by atoms with Crippen molar-refractivity contribution in [2.45, 2.75) is 24.7 Å². The number of nitrogens with zero attached hydrogens (tertiary/aromatic N) is 5. The molecule has 2 heterocycles. The molecule has 1 N–H and O–H groups in total. The Hall–Kier alpha value is -2.37. The summed E-state index contributed by atoms with van der Waals surface area (Å²) >= 11 is 0. The topological polar surface area (TPSA) is 86.0 Å². The minimum absolute atomic E-state index is 0.248. The molecule has 0 saturated heterocycles. The smallest absolute Gasteiger partial charge is 0.422 e. The molecule has 23 heavy (non-hydrogen) atoms. The van der Waals surface area contributed by atoms with Crippen LogP contribution in [0.15, 0.2) is 24.7 Å². The molecule has 2 aromatic heterocycles. The van der Waals surface area contributed by atoms with Gasteiger partial charge in [0, 0.05) is 0 Å². The van der Waals surface area contributed by atoms with Crippen LogP contribution in [0.3, 0.4) is 0 Å². The van der Waals surface area contributed by atoms with Gasteiger partial charge in [0.25, 0.3) is 0 Å². The van der Waals surface area contributed by atoms with Gasteiger partial charge in [0.15, 0.2) is 19.1 Å². The molecule has 2 aromatic rings. The third kappa shape index (κ3) is 4.55. The van der Waals surface area contributed by atoms with Gasteiger partial charge < -0.3 is 9.84 Å². The zero-order valence-electron chi connectivity index (χ0n) is 11.2. The molecule has 3 unspecified atom stereocenters. The van der Waals surface area contributed by atoms with Crippen LogP contribution in [0, 0.1) is 0 Å². The van der Waals surface area contributed by atoms with Crippen LogP contribution in [0.2, 0.25) is 0 Å². The van der Waals surface area contributed by atoms with Crippen LogP contribution >= 0.6 is 0 Å². The van der Waals surface area contributed by atoms with Crippen molar-refractivity contribution in [2.24, 2.45) is 0 Å². The zero-order chi connectivity index (χ0) is 17.0. The Balaban J connectivity index is 2.00. The molecule has 0 amide bonds. The van der Waals surface area contributed by atoms with Gasteiger partial charge in [-0.2, -0.15) is 13.2 Å². The second-order valence-corrected chi connectivity index (χ2v) is 4.34. The zero-order valence-corrected chi connectivity index (χ0v) is 11.2. The van der Waals surface area contributed by atoms with Gasteiger partial charge in [-0.25, -0.2) is 8.78 Å². The molecule has 3 atom stereocenters. The van der Waals surface area contributed by atoms with Crippen LogP contribution in [0.4, 0.5) is 22.0 Å². The molecule has 0 saturated carbocycles. The van der Waals surface area contributed by atoms with E-state index >= 15 is 0 Å². The average Bonchev–Trinajstić information content (AvgIpc) is 3.05. The van der Waals surface area contributed by atoms with Crippen LogP contribution < -0.4 is 4.74 Å². The van der Waals surface area contributed by atoms with Gasteiger partial charge in [-0.05, 0) is 17.3 Å². The Morgan fingerprint density at radius 1 is 1.26 bits per heavy atom. The van der Waals surface area contributed by atoms with E-state index in [1.165, 1.54) is 0 Å². The number of alkyl halides is 5. The first-order valence-electron chi connectivity index (χ1n) is 6.12.